The van der Waals surface area contributed by atoms with Gasteiger partial charge in [-0.05, 0) is 19.2 Å². The number of nitrogens with one attached hydrogen (secondary N) is 1. The molecule has 1 aromatic carbocycles. The predicted molar refractivity (Wildman–Crippen MR) is 73.6 cm³/mol. The summed E-state index contributed by atoms with van der Waals surface area (Å²) in [6.07, 6.45) is 0. The monoisotopic (exact) mass is 264 g/mol. The number of carbonyl (C=O) groups excluding carboxylic acids is 1. The third kappa shape index (κ3) is 2.72. The smallest absolute Gasteiger partial charge is 0.233 e. The lowest BCUT2D eigenvalue weighted by Crippen LogP contribution is -2.43. The van der Waals surface area contributed by atoms with Gasteiger partial charge in [-0.1, -0.05) is 12.1 Å². The van der Waals surface area contributed by atoms with E-state index in [2.05, 4.69) is 5.32 Å². The van der Waals surface area contributed by atoms with E-state index in [1.54, 1.807) is 19.1 Å². The number of nitrogens with zero attached hydrogens (tertiary/aromatic N) is 1. The molecule has 1 N–H and O–H groups in total. The van der Waals surface area contributed by atoms with Crippen LogP contribution in [0.3, 0.4) is 0 Å². The van der Waals surface area contributed by atoms with E-state index in [0.717, 1.165) is 5.69 Å². The summed E-state index contributed by atoms with van der Waals surface area (Å²) >= 11 is 0. The zero-order chi connectivity index (χ0) is 13.8. The summed E-state index contributed by atoms with van der Waals surface area (Å²) in [5.41, 5.74) is 0.775. The maximum atomic E-state index is 12.5. The molecule has 1 saturated heterocycles. The normalized spacial score (nSPS) is 22.3. The van der Waals surface area contributed by atoms with E-state index in [0.29, 0.717) is 19.0 Å². The summed E-state index contributed by atoms with van der Waals surface area (Å²) in [6.45, 7) is 1.04. The first-order valence-electron chi connectivity index (χ1n) is 6.34. The van der Waals surface area contributed by atoms with Crippen LogP contribution in [-0.4, -0.2) is 46.4 Å². The van der Waals surface area contributed by atoms with Crippen LogP contribution >= 0.6 is 0 Å². The number of hydrogen-bond acceptors (Lipinski definition) is 4. The Morgan fingerprint density at radius 2 is 2.16 bits per heavy atom. The average Bonchev–Trinajstić information content (AvgIpc) is 2.94. The van der Waals surface area contributed by atoms with E-state index in [9.17, 15) is 4.79 Å². The second-order valence-corrected chi connectivity index (χ2v) is 4.61. The summed E-state index contributed by atoms with van der Waals surface area (Å²) in [5.74, 6) is 0.583. The Morgan fingerprint density at radius 3 is 2.84 bits per heavy atom. The molecule has 2 rings (SSSR count). The average molecular weight is 264 g/mol. The molecule has 2 unspecified atom stereocenters. The molecule has 5 heteroatoms. The lowest BCUT2D eigenvalue weighted by Gasteiger charge is -2.25. The maximum absolute atomic E-state index is 12.5. The zero-order valence-corrected chi connectivity index (χ0v) is 11.6. The maximum Gasteiger partial charge on any atom is 0.233 e. The van der Waals surface area contributed by atoms with Crippen LogP contribution in [0.4, 0.5) is 5.69 Å². The zero-order valence-electron chi connectivity index (χ0n) is 11.6. The van der Waals surface area contributed by atoms with Crippen molar-refractivity contribution in [3.05, 3.63) is 24.3 Å². The minimum absolute atomic E-state index is 0.0429. The van der Waals surface area contributed by atoms with E-state index in [4.69, 9.17) is 9.47 Å². The van der Waals surface area contributed by atoms with Crippen LogP contribution in [0.15, 0.2) is 24.3 Å². The van der Waals surface area contributed by atoms with Gasteiger partial charge in [0.15, 0.2) is 0 Å². The van der Waals surface area contributed by atoms with Crippen molar-refractivity contribution < 1.29 is 14.3 Å². The lowest BCUT2D eigenvalue weighted by atomic mass is 10.0. The summed E-state index contributed by atoms with van der Waals surface area (Å²) in [5, 5.41) is 3.13. The molecule has 0 spiro atoms. The van der Waals surface area contributed by atoms with Crippen LogP contribution in [0.25, 0.3) is 0 Å². The molecule has 0 bridgehead atoms. The molecular weight excluding hydrogens is 244 g/mol. The second kappa shape index (κ2) is 6.04. The SMILES string of the molecule is CNC1COCC1C(=O)N(C)c1ccccc1OC. The number of benzene rings is 1. The third-order valence-corrected chi connectivity index (χ3v) is 3.55. The number of likely N-dealkylation sites (N-methyl/N-ethyl adjacent to an activating group) is 1. The molecule has 2 atom stereocenters. The first-order chi connectivity index (χ1) is 9.19. The van der Waals surface area contributed by atoms with Crippen molar-refractivity contribution in [3.8, 4) is 5.75 Å². The highest BCUT2D eigenvalue weighted by Crippen LogP contribution is 2.28. The van der Waals surface area contributed by atoms with Crippen LogP contribution in [0.5, 0.6) is 5.75 Å². The van der Waals surface area contributed by atoms with Gasteiger partial charge in [0.05, 0.1) is 31.9 Å². The fourth-order valence-electron chi connectivity index (χ4n) is 2.36. The molecule has 19 heavy (non-hydrogen) atoms. The Labute approximate surface area is 113 Å². The van der Waals surface area contributed by atoms with Gasteiger partial charge in [-0.2, -0.15) is 0 Å². The fourth-order valence-corrected chi connectivity index (χ4v) is 2.36. The minimum atomic E-state index is -0.153. The van der Waals surface area contributed by atoms with Gasteiger partial charge in [-0.3, -0.25) is 4.79 Å². The summed E-state index contributed by atoms with van der Waals surface area (Å²) < 4.78 is 10.7. The van der Waals surface area contributed by atoms with Crippen LogP contribution < -0.4 is 15.0 Å². The van der Waals surface area contributed by atoms with E-state index >= 15 is 0 Å². The molecular formula is C14H20N2O3. The highest BCUT2D eigenvalue weighted by atomic mass is 16.5. The first-order valence-corrected chi connectivity index (χ1v) is 6.34. The van der Waals surface area contributed by atoms with Crippen molar-refractivity contribution in [2.45, 2.75) is 6.04 Å². The summed E-state index contributed by atoms with van der Waals surface area (Å²) in [4.78, 5) is 14.2. The van der Waals surface area contributed by atoms with Gasteiger partial charge in [-0.25, -0.2) is 0 Å². The molecule has 1 amide bonds. The third-order valence-electron chi connectivity index (χ3n) is 3.55. The quantitative estimate of drug-likeness (QED) is 0.877. The molecule has 1 aromatic rings. The van der Waals surface area contributed by atoms with Crippen molar-refractivity contribution in [3.63, 3.8) is 0 Å². The highest BCUT2D eigenvalue weighted by molar-refractivity contribution is 5.96. The van der Waals surface area contributed by atoms with Crippen LogP contribution in [0.1, 0.15) is 0 Å². The van der Waals surface area contributed by atoms with Gasteiger partial charge < -0.3 is 19.7 Å². The summed E-state index contributed by atoms with van der Waals surface area (Å²) in [6, 6.07) is 7.57. The lowest BCUT2D eigenvalue weighted by molar-refractivity contribution is -0.122. The Morgan fingerprint density at radius 1 is 1.42 bits per heavy atom. The summed E-state index contributed by atoms with van der Waals surface area (Å²) in [7, 11) is 5.22. The number of carbonyl (C=O) groups is 1. The van der Waals surface area contributed by atoms with Crippen molar-refractivity contribution in [1.29, 1.82) is 0 Å². The van der Waals surface area contributed by atoms with E-state index in [-0.39, 0.29) is 17.9 Å². The number of para-hydroxylation sites is 2. The van der Waals surface area contributed by atoms with Crippen molar-refractivity contribution in [2.24, 2.45) is 5.92 Å². The van der Waals surface area contributed by atoms with Crippen LogP contribution in [0.2, 0.25) is 0 Å². The molecule has 1 heterocycles. The molecule has 5 nitrogen and oxygen atoms in total. The van der Waals surface area contributed by atoms with Gasteiger partial charge in [0, 0.05) is 13.1 Å². The second-order valence-electron chi connectivity index (χ2n) is 4.61. The van der Waals surface area contributed by atoms with Crippen molar-refractivity contribution >= 4 is 11.6 Å². The van der Waals surface area contributed by atoms with Gasteiger partial charge in [0.1, 0.15) is 5.75 Å². The largest absolute Gasteiger partial charge is 0.495 e. The van der Waals surface area contributed by atoms with Crippen molar-refractivity contribution in [1.82, 2.24) is 5.32 Å². The molecule has 0 aromatic heterocycles. The molecule has 104 valence electrons. The fraction of sp³-hybridized carbons (Fsp3) is 0.500. The minimum Gasteiger partial charge on any atom is -0.495 e. The van der Waals surface area contributed by atoms with Gasteiger partial charge in [-0.15, -0.1) is 0 Å². The van der Waals surface area contributed by atoms with Gasteiger partial charge in [0.25, 0.3) is 0 Å². The van der Waals surface area contributed by atoms with E-state index in [1.165, 1.54) is 0 Å². The number of anilines is 1. The molecule has 0 radical (unpaired) electrons. The molecule has 1 aliphatic rings. The van der Waals surface area contributed by atoms with Crippen LogP contribution in [0, 0.1) is 5.92 Å². The number of rotatable bonds is 4. The highest BCUT2D eigenvalue weighted by Gasteiger charge is 2.35. The number of hydrogen-bond donors (Lipinski definition) is 1. The Kier molecular flexibility index (Phi) is 4.39. The number of amides is 1. The number of ether oxygens (including phenoxy) is 2. The van der Waals surface area contributed by atoms with Gasteiger partial charge in [0.2, 0.25) is 5.91 Å². The van der Waals surface area contributed by atoms with Crippen molar-refractivity contribution in [2.75, 3.05) is 39.3 Å². The molecule has 0 saturated carbocycles. The van der Waals surface area contributed by atoms with E-state index in [1.807, 2.05) is 31.3 Å². The topological polar surface area (TPSA) is 50.8 Å². The van der Waals surface area contributed by atoms with Crippen LogP contribution in [-0.2, 0) is 9.53 Å². The predicted octanol–water partition coefficient (Wildman–Crippen LogP) is 0.892. The molecule has 1 aliphatic heterocycles. The van der Waals surface area contributed by atoms with E-state index < -0.39 is 0 Å². The molecule has 1 fully saturated rings. The van der Waals surface area contributed by atoms with Gasteiger partial charge >= 0.3 is 0 Å². The Balaban J connectivity index is 2.19. The number of methoxy groups -OCH3 is 1. The molecule has 0 aliphatic carbocycles. The Hall–Kier alpha value is -1.59. The standard InChI is InChI=1S/C14H20N2O3/c1-15-11-9-19-8-10(11)14(17)16(2)12-6-4-5-7-13(12)18-3/h4-7,10-11,15H,8-9H2,1-3H3. The first kappa shape index (κ1) is 13.8. The Bertz CT molecular complexity index is 450.